The Morgan fingerprint density at radius 1 is 0.973 bits per heavy atom. The van der Waals surface area contributed by atoms with Crippen LogP contribution in [0.4, 0.5) is 5.69 Å². The van der Waals surface area contributed by atoms with Crippen molar-refractivity contribution in [2.75, 3.05) is 4.90 Å². The lowest BCUT2D eigenvalue weighted by Gasteiger charge is -2.30. The van der Waals surface area contributed by atoms with Crippen LogP contribution in [-0.2, 0) is 16.2 Å². The Hall–Kier alpha value is -2.85. The number of H-pyrrole nitrogens is 1. The lowest BCUT2D eigenvalue weighted by Crippen LogP contribution is -2.32. The first kappa shape index (κ1) is 24.5. The molecule has 1 saturated heterocycles. The normalized spacial score (nSPS) is 20.6. The van der Waals surface area contributed by atoms with E-state index in [9.17, 15) is 14.4 Å². The topological polar surface area (TPSA) is 79.5 Å². The van der Waals surface area contributed by atoms with Crippen molar-refractivity contribution in [2.45, 2.75) is 22.8 Å². The van der Waals surface area contributed by atoms with Crippen LogP contribution in [0.2, 0.25) is 5.02 Å². The average Bonchev–Trinajstić information content (AvgIpc) is 3.38. The number of fused-ring (bicyclic) bond motifs is 2. The molecule has 4 aromatic rings. The van der Waals surface area contributed by atoms with Gasteiger partial charge in [0.15, 0.2) is 0 Å². The smallest absolute Gasteiger partial charge is 0.305 e. The van der Waals surface area contributed by atoms with Gasteiger partial charge in [-0.15, -0.1) is 0 Å². The number of thioether (sulfide) groups is 1. The second-order valence-corrected chi connectivity index (χ2v) is 12.2. The minimum atomic E-state index is -0.684. The molecule has 3 aromatic carbocycles. The number of rotatable bonds is 5. The molecule has 1 fully saturated rings. The number of imide groups is 1. The molecule has 2 aliphatic rings. The Bertz CT molecular complexity index is 1590. The monoisotopic (exact) mass is 612 g/mol. The first-order chi connectivity index (χ1) is 17.9. The molecule has 0 spiro atoms. The number of nitrogens with zero attached hydrogens (tertiary/aromatic N) is 1. The summed E-state index contributed by atoms with van der Waals surface area (Å²) in [5.74, 6) is -1.19. The Kier molecular flexibility index (Phi) is 6.48. The van der Waals surface area contributed by atoms with Crippen molar-refractivity contribution < 1.29 is 14.3 Å². The quantitative estimate of drug-likeness (QED) is 0.270. The van der Waals surface area contributed by atoms with Gasteiger partial charge in [-0.3, -0.25) is 14.4 Å². The highest BCUT2D eigenvalue weighted by atomic mass is 79.9. The van der Waals surface area contributed by atoms with E-state index in [1.165, 1.54) is 16.7 Å². The number of anilines is 1. The van der Waals surface area contributed by atoms with E-state index >= 15 is 0 Å². The molecular weight excluding hydrogens is 596 g/mol. The van der Waals surface area contributed by atoms with Gasteiger partial charge < -0.3 is 9.72 Å². The molecule has 0 radical (unpaired) electrons. The standard InChI is InChI=1S/C27H18BrClN2O4S2/c28-15-8-10-17(11-9-15)31-25(32)21-20(22-24(30-27(34)37-22)36-23(21)26(31)33)18-6-1-2-7-19(18)35-13-14-4-3-5-16(29)12-14/h1-12,20-21,23H,13H2,(H,30,34)/t20-,21-,23+/m0/s1. The molecule has 37 heavy (non-hydrogen) atoms. The molecule has 6 rings (SSSR count). The maximum atomic E-state index is 13.9. The van der Waals surface area contributed by atoms with Gasteiger partial charge >= 0.3 is 4.87 Å². The molecule has 1 N–H and O–H groups in total. The lowest BCUT2D eigenvalue weighted by atomic mass is 9.82. The summed E-state index contributed by atoms with van der Waals surface area (Å²) in [6.45, 7) is 0.279. The summed E-state index contributed by atoms with van der Waals surface area (Å²) in [6.07, 6.45) is 0. The van der Waals surface area contributed by atoms with Crippen molar-refractivity contribution in [1.29, 1.82) is 0 Å². The molecule has 6 nitrogen and oxygen atoms in total. The van der Waals surface area contributed by atoms with E-state index in [1.807, 2.05) is 42.5 Å². The van der Waals surface area contributed by atoms with Gasteiger partial charge in [0, 0.05) is 25.9 Å². The molecule has 1 aromatic heterocycles. The number of aromatic nitrogens is 1. The van der Waals surface area contributed by atoms with Gasteiger partial charge in [-0.25, -0.2) is 4.90 Å². The number of amides is 2. The molecule has 10 heteroatoms. The number of ether oxygens (including phenoxy) is 1. The van der Waals surface area contributed by atoms with Crippen LogP contribution >= 0.6 is 50.6 Å². The second-order valence-electron chi connectivity index (χ2n) is 8.69. The van der Waals surface area contributed by atoms with E-state index in [-0.39, 0.29) is 23.3 Å². The highest BCUT2D eigenvalue weighted by Gasteiger charge is 2.56. The van der Waals surface area contributed by atoms with Gasteiger partial charge in [0.1, 0.15) is 17.6 Å². The maximum absolute atomic E-state index is 13.9. The summed E-state index contributed by atoms with van der Waals surface area (Å²) >= 11 is 11.9. The van der Waals surface area contributed by atoms with Gasteiger partial charge in [0.2, 0.25) is 11.8 Å². The average molecular weight is 614 g/mol. The van der Waals surface area contributed by atoms with E-state index in [1.54, 1.807) is 30.3 Å². The molecule has 3 atom stereocenters. The number of carbonyl (C=O) groups is 2. The van der Waals surface area contributed by atoms with E-state index in [0.717, 1.165) is 31.8 Å². The number of carbonyl (C=O) groups excluding carboxylic acids is 2. The summed E-state index contributed by atoms with van der Waals surface area (Å²) in [5.41, 5.74) is 2.18. The number of thiazole rings is 1. The minimum Gasteiger partial charge on any atom is -0.489 e. The third-order valence-electron chi connectivity index (χ3n) is 6.45. The fourth-order valence-electron chi connectivity index (χ4n) is 4.85. The van der Waals surface area contributed by atoms with E-state index in [2.05, 4.69) is 20.9 Å². The lowest BCUT2D eigenvalue weighted by molar-refractivity contribution is -0.122. The SMILES string of the molecule is O=C1[C@H]2[C@H](c3ccccc3OCc3cccc(Cl)c3)c3sc(=O)[nH]c3S[C@H]2C(=O)N1c1ccc(Br)cc1. The molecule has 0 bridgehead atoms. The Balaban J connectivity index is 1.42. The van der Waals surface area contributed by atoms with Crippen LogP contribution in [0.15, 0.2) is 87.1 Å². The van der Waals surface area contributed by atoms with E-state index in [0.29, 0.717) is 21.5 Å². The molecule has 2 aliphatic heterocycles. The number of hydrogen-bond donors (Lipinski definition) is 1. The van der Waals surface area contributed by atoms with E-state index in [4.69, 9.17) is 16.3 Å². The van der Waals surface area contributed by atoms with Gasteiger partial charge in [-0.1, -0.05) is 81.0 Å². The van der Waals surface area contributed by atoms with Crippen LogP contribution < -0.4 is 14.5 Å². The molecular formula is C27H18BrClN2O4S2. The van der Waals surface area contributed by atoms with Gasteiger partial charge in [-0.05, 0) is 48.0 Å². The number of hydrogen-bond acceptors (Lipinski definition) is 6. The third kappa shape index (κ3) is 4.44. The largest absolute Gasteiger partial charge is 0.489 e. The maximum Gasteiger partial charge on any atom is 0.305 e. The molecule has 186 valence electrons. The Morgan fingerprint density at radius 2 is 1.76 bits per heavy atom. The zero-order valence-electron chi connectivity index (χ0n) is 19.0. The highest BCUT2D eigenvalue weighted by Crippen LogP contribution is 2.54. The van der Waals surface area contributed by atoms with Crippen molar-refractivity contribution in [3.05, 3.63) is 108 Å². The predicted octanol–water partition coefficient (Wildman–Crippen LogP) is 6.23. The molecule has 0 aliphatic carbocycles. The van der Waals surface area contributed by atoms with Gasteiger partial charge in [0.05, 0.1) is 16.6 Å². The van der Waals surface area contributed by atoms with Crippen molar-refractivity contribution in [2.24, 2.45) is 5.92 Å². The third-order valence-corrected chi connectivity index (χ3v) is 9.61. The van der Waals surface area contributed by atoms with Crippen LogP contribution in [-0.4, -0.2) is 22.0 Å². The zero-order chi connectivity index (χ0) is 25.7. The summed E-state index contributed by atoms with van der Waals surface area (Å²) in [6, 6.07) is 22.0. The molecule has 3 heterocycles. The Labute approximate surface area is 233 Å². The number of halogens is 2. The van der Waals surface area contributed by atoms with Crippen molar-refractivity contribution in [3.8, 4) is 5.75 Å². The summed E-state index contributed by atoms with van der Waals surface area (Å²) < 4.78 is 7.08. The van der Waals surface area contributed by atoms with Crippen LogP contribution in [0.25, 0.3) is 0 Å². The van der Waals surface area contributed by atoms with Gasteiger partial charge in [0.25, 0.3) is 0 Å². The van der Waals surface area contributed by atoms with E-state index < -0.39 is 17.1 Å². The number of para-hydroxylation sites is 1. The van der Waals surface area contributed by atoms with Crippen LogP contribution in [0, 0.1) is 5.92 Å². The fourth-order valence-corrected chi connectivity index (χ4v) is 7.84. The molecule has 2 amide bonds. The zero-order valence-corrected chi connectivity index (χ0v) is 23.0. The first-order valence-electron chi connectivity index (χ1n) is 11.4. The summed E-state index contributed by atoms with van der Waals surface area (Å²) in [5, 5.41) is 0.580. The van der Waals surface area contributed by atoms with Crippen molar-refractivity contribution in [3.63, 3.8) is 0 Å². The second kappa shape index (κ2) is 9.79. The van der Waals surface area contributed by atoms with Crippen molar-refractivity contribution in [1.82, 2.24) is 4.98 Å². The van der Waals surface area contributed by atoms with Crippen LogP contribution in [0.1, 0.15) is 21.9 Å². The highest BCUT2D eigenvalue weighted by molar-refractivity contribution is 9.10. The molecule has 0 saturated carbocycles. The van der Waals surface area contributed by atoms with Crippen molar-refractivity contribution >= 4 is 68.1 Å². The van der Waals surface area contributed by atoms with Gasteiger partial charge in [-0.2, -0.15) is 0 Å². The summed E-state index contributed by atoms with van der Waals surface area (Å²) in [4.78, 5) is 44.6. The van der Waals surface area contributed by atoms with Crippen LogP contribution in [0.3, 0.4) is 0 Å². The fraction of sp³-hybridized carbons (Fsp3) is 0.148. The summed E-state index contributed by atoms with van der Waals surface area (Å²) in [7, 11) is 0. The first-order valence-corrected chi connectivity index (χ1v) is 14.3. The van der Waals surface area contributed by atoms with Crippen LogP contribution in [0.5, 0.6) is 5.75 Å². The molecule has 0 unspecified atom stereocenters. The number of benzene rings is 3. The minimum absolute atomic E-state index is 0.218. The Morgan fingerprint density at radius 3 is 2.54 bits per heavy atom. The number of aromatic amines is 1. The number of nitrogens with one attached hydrogen (secondary N) is 1. The predicted molar refractivity (Wildman–Crippen MR) is 149 cm³/mol.